The van der Waals surface area contributed by atoms with Crippen LogP contribution in [-0.2, 0) is 6.42 Å². The fourth-order valence-electron chi connectivity index (χ4n) is 2.03. The molecule has 0 heterocycles. The quantitative estimate of drug-likeness (QED) is 0.739. The lowest BCUT2D eigenvalue weighted by atomic mass is 10.00. The first-order valence-corrected chi connectivity index (χ1v) is 6.57. The van der Waals surface area contributed by atoms with E-state index < -0.39 is 0 Å². The molecule has 1 atom stereocenters. The van der Waals surface area contributed by atoms with E-state index in [1.165, 1.54) is 24.3 Å². The molecule has 2 aromatic rings. The number of benzene rings is 2. The standard InChI is InChI=1S/C16H16ClFO/c1-11-5-3-4-6-12(11)9-14(17)13-7-8-16(19-2)15(18)10-13/h3-8,10,14H,9H2,1-2H3. The number of aryl methyl sites for hydroxylation is 1. The van der Waals surface area contributed by atoms with E-state index in [1.54, 1.807) is 12.1 Å². The van der Waals surface area contributed by atoms with Crippen LogP contribution in [0.25, 0.3) is 0 Å². The van der Waals surface area contributed by atoms with E-state index in [9.17, 15) is 4.39 Å². The monoisotopic (exact) mass is 278 g/mol. The topological polar surface area (TPSA) is 9.23 Å². The second kappa shape index (κ2) is 6.07. The molecule has 2 rings (SSSR count). The Kier molecular flexibility index (Phi) is 4.43. The van der Waals surface area contributed by atoms with Crippen LogP contribution in [0, 0.1) is 12.7 Å². The average molecular weight is 279 g/mol. The Balaban J connectivity index is 2.18. The summed E-state index contributed by atoms with van der Waals surface area (Å²) in [6.45, 7) is 2.05. The number of ether oxygens (including phenoxy) is 1. The zero-order valence-electron chi connectivity index (χ0n) is 11.0. The number of hydrogen-bond donors (Lipinski definition) is 0. The number of halogens is 2. The van der Waals surface area contributed by atoms with Crippen molar-refractivity contribution in [3.05, 3.63) is 65.0 Å². The van der Waals surface area contributed by atoms with Crippen molar-refractivity contribution in [2.45, 2.75) is 18.7 Å². The predicted molar refractivity (Wildman–Crippen MR) is 76.4 cm³/mol. The second-order valence-electron chi connectivity index (χ2n) is 4.49. The Morgan fingerprint density at radius 1 is 1.21 bits per heavy atom. The smallest absolute Gasteiger partial charge is 0.165 e. The molecule has 1 unspecified atom stereocenters. The first kappa shape index (κ1) is 13.9. The highest BCUT2D eigenvalue weighted by atomic mass is 35.5. The van der Waals surface area contributed by atoms with Crippen molar-refractivity contribution in [3.63, 3.8) is 0 Å². The van der Waals surface area contributed by atoms with E-state index >= 15 is 0 Å². The molecule has 0 saturated carbocycles. The van der Waals surface area contributed by atoms with Crippen molar-refractivity contribution in [3.8, 4) is 5.75 Å². The maximum absolute atomic E-state index is 13.6. The molecule has 3 heteroatoms. The third-order valence-electron chi connectivity index (χ3n) is 3.20. The van der Waals surface area contributed by atoms with Crippen LogP contribution in [0.1, 0.15) is 22.1 Å². The van der Waals surface area contributed by atoms with E-state index in [1.807, 2.05) is 31.2 Å². The average Bonchev–Trinajstić information content (AvgIpc) is 2.41. The lowest BCUT2D eigenvalue weighted by molar-refractivity contribution is 0.386. The van der Waals surface area contributed by atoms with Gasteiger partial charge in [0.15, 0.2) is 11.6 Å². The Bertz CT molecular complexity index is 568. The SMILES string of the molecule is COc1ccc(C(Cl)Cc2ccccc2C)cc1F. The van der Waals surface area contributed by atoms with Crippen molar-refractivity contribution in [1.29, 1.82) is 0 Å². The zero-order chi connectivity index (χ0) is 13.8. The third kappa shape index (κ3) is 3.27. The third-order valence-corrected chi connectivity index (χ3v) is 3.60. The van der Waals surface area contributed by atoms with Gasteiger partial charge in [-0.1, -0.05) is 30.3 Å². The first-order chi connectivity index (χ1) is 9.11. The van der Waals surface area contributed by atoms with Gasteiger partial charge in [0.1, 0.15) is 0 Å². The van der Waals surface area contributed by atoms with Gasteiger partial charge >= 0.3 is 0 Å². The van der Waals surface area contributed by atoms with Crippen LogP contribution in [0.4, 0.5) is 4.39 Å². The van der Waals surface area contributed by atoms with Crippen molar-refractivity contribution in [2.24, 2.45) is 0 Å². The fourth-order valence-corrected chi connectivity index (χ4v) is 2.33. The van der Waals surface area contributed by atoms with E-state index in [-0.39, 0.29) is 16.9 Å². The maximum Gasteiger partial charge on any atom is 0.165 e. The van der Waals surface area contributed by atoms with Crippen molar-refractivity contribution >= 4 is 11.6 Å². The minimum atomic E-state index is -0.379. The zero-order valence-corrected chi connectivity index (χ0v) is 11.7. The molecule has 0 saturated heterocycles. The van der Waals surface area contributed by atoms with Gasteiger partial charge in [0.25, 0.3) is 0 Å². The molecule has 0 aliphatic carbocycles. The van der Waals surface area contributed by atoms with Crippen molar-refractivity contribution < 1.29 is 9.13 Å². The fraction of sp³-hybridized carbons (Fsp3) is 0.250. The molecule has 0 aromatic heterocycles. The summed E-state index contributed by atoms with van der Waals surface area (Å²) in [5, 5.41) is -0.249. The van der Waals surface area contributed by atoms with Crippen LogP contribution in [-0.4, -0.2) is 7.11 Å². The highest BCUT2D eigenvalue weighted by Gasteiger charge is 2.13. The van der Waals surface area contributed by atoms with Crippen LogP contribution < -0.4 is 4.74 Å². The highest BCUT2D eigenvalue weighted by Crippen LogP contribution is 2.29. The van der Waals surface area contributed by atoms with Crippen molar-refractivity contribution in [1.82, 2.24) is 0 Å². The summed E-state index contributed by atoms with van der Waals surface area (Å²) in [4.78, 5) is 0. The Morgan fingerprint density at radius 3 is 2.58 bits per heavy atom. The van der Waals surface area contributed by atoms with Gasteiger partial charge in [0.05, 0.1) is 12.5 Å². The molecule has 0 N–H and O–H groups in total. The molecule has 19 heavy (non-hydrogen) atoms. The Hall–Kier alpha value is -1.54. The first-order valence-electron chi connectivity index (χ1n) is 6.14. The molecular weight excluding hydrogens is 263 g/mol. The summed E-state index contributed by atoms with van der Waals surface area (Å²) in [5.41, 5.74) is 3.14. The molecule has 1 nitrogen and oxygen atoms in total. The number of methoxy groups -OCH3 is 1. The van der Waals surface area contributed by atoms with Gasteiger partial charge in [0, 0.05) is 0 Å². The molecule has 0 spiro atoms. The van der Waals surface area contributed by atoms with Crippen LogP contribution in [0.3, 0.4) is 0 Å². The summed E-state index contributed by atoms with van der Waals surface area (Å²) in [7, 11) is 1.45. The highest BCUT2D eigenvalue weighted by molar-refractivity contribution is 6.20. The van der Waals surface area contributed by atoms with E-state index in [0.717, 1.165) is 5.56 Å². The van der Waals surface area contributed by atoms with Gasteiger partial charge in [-0.2, -0.15) is 0 Å². The Labute approximate surface area is 118 Å². The minimum absolute atomic E-state index is 0.239. The lowest BCUT2D eigenvalue weighted by Crippen LogP contribution is -1.99. The summed E-state index contributed by atoms with van der Waals surface area (Å²) in [5.74, 6) is -0.140. The molecule has 0 radical (unpaired) electrons. The van der Waals surface area contributed by atoms with Crippen LogP contribution >= 0.6 is 11.6 Å². The largest absolute Gasteiger partial charge is 0.494 e. The van der Waals surface area contributed by atoms with E-state index in [2.05, 4.69) is 0 Å². The summed E-state index contributed by atoms with van der Waals surface area (Å²) in [6.07, 6.45) is 0.681. The molecular formula is C16H16ClFO. The Morgan fingerprint density at radius 2 is 1.95 bits per heavy atom. The number of alkyl halides is 1. The molecule has 0 bridgehead atoms. The summed E-state index contributed by atoms with van der Waals surface area (Å²) < 4.78 is 18.5. The van der Waals surface area contributed by atoms with E-state index in [4.69, 9.17) is 16.3 Å². The van der Waals surface area contributed by atoms with Gasteiger partial charge < -0.3 is 4.74 Å². The molecule has 0 fully saturated rings. The van der Waals surface area contributed by atoms with Crippen LogP contribution in [0.15, 0.2) is 42.5 Å². The normalized spacial score (nSPS) is 12.2. The molecule has 2 aromatic carbocycles. The molecule has 100 valence electrons. The van der Waals surface area contributed by atoms with E-state index in [0.29, 0.717) is 6.42 Å². The van der Waals surface area contributed by atoms with Crippen molar-refractivity contribution in [2.75, 3.05) is 7.11 Å². The van der Waals surface area contributed by atoms with Gasteiger partial charge in [-0.25, -0.2) is 4.39 Å². The maximum atomic E-state index is 13.6. The summed E-state index contributed by atoms with van der Waals surface area (Å²) >= 11 is 6.37. The summed E-state index contributed by atoms with van der Waals surface area (Å²) in [6, 6.07) is 12.9. The lowest BCUT2D eigenvalue weighted by Gasteiger charge is -2.13. The van der Waals surface area contributed by atoms with Gasteiger partial charge in [0.2, 0.25) is 0 Å². The predicted octanol–water partition coefficient (Wildman–Crippen LogP) is 4.67. The minimum Gasteiger partial charge on any atom is -0.494 e. The van der Waals surface area contributed by atoms with Gasteiger partial charge in [-0.05, 0) is 42.2 Å². The number of rotatable bonds is 4. The second-order valence-corrected chi connectivity index (χ2v) is 5.02. The van der Waals surface area contributed by atoms with Crippen LogP contribution in [0.2, 0.25) is 0 Å². The van der Waals surface area contributed by atoms with Gasteiger partial charge in [-0.15, -0.1) is 11.6 Å². The van der Waals surface area contributed by atoms with Crippen LogP contribution in [0.5, 0.6) is 5.75 Å². The van der Waals surface area contributed by atoms with Gasteiger partial charge in [-0.3, -0.25) is 0 Å². The molecule has 0 amide bonds. The molecule has 0 aliphatic heterocycles. The molecule has 0 aliphatic rings. The number of hydrogen-bond acceptors (Lipinski definition) is 1.